The summed E-state index contributed by atoms with van der Waals surface area (Å²) in [7, 11) is 0. The van der Waals surface area contributed by atoms with Gasteiger partial charge in [0.15, 0.2) is 0 Å². The quantitative estimate of drug-likeness (QED) is 0.746. The monoisotopic (exact) mass is 342 g/mol. The van der Waals surface area contributed by atoms with Crippen molar-refractivity contribution in [3.63, 3.8) is 0 Å². The maximum absolute atomic E-state index is 13.0. The SMILES string of the molecule is O=C(NC[C@H](O)c1ccsc1)C(=O)Nc1ccc(F)c(Cl)c1. The molecule has 3 N–H and O–H groups in total. The van der Waals surface area contributed by atoms with Gasteiger partial charge in [-0.15, -0.1) is 0 Å². The van der Waals surface area contributed by atoms with Gasteiger partial charge in [0, 0.05) is 12.2 Å². The van der Waals surface area contributed by atoms with Gasteiger partial charge >= 0.3 is 11.8 Å². The van der Waals surface area contributed by atoms with Gasteiger partial charge in [-0.25, -0.2) is 4.39 Å². The lowest BCUT2D eigenvalue weighted by Crippen LogP contribution is -2.37. The molecule has 0 aliphatic carbocycles. The molecule has 22 heavy (non-hydrogen) atoms. The summed E-state index contributed by atoms with van der Waals surface area (Å²) in [6.07, 6.45) is -0.886. The number of aliphatic hydroxyl groups excluding tert-OH is 1. The molecule has 2 rings (SSSR count). The molecule has 0 aliphatic heterocycles. The van der Waals surface area contributed by atoms with E-state index in [1.807, 2.05) is 0 Å². The van der Waals surface area contributed by atoms with E-state index in [2.05, 4.69) is 10.6 Å². The number of aliphatic hydroxyl groups is 1. The topological polar surface area (TPSA) is 78.4 Å². The molecular formula is C14H12ClFN2O3S. The Hall–Kier alpha value is -1.96. The fraction of sp³-hybridized carbons (Fsp3) is 0.143. The first-order valence-electron chi connectivity index (χ1n) is 6.22. The lowest BCUT2D eigenvalue weighted by atomic mass is 10.2. The minimum atomic E-state index is -0.930. The zero-order valence-corrected chi connectivity index (χ0v) is 12.7. The second-order valence-corrected chi connectivity index (χ2v) is 5.55. The average Bonchev–Trinajstić information content (AvgIpc) is 3.02. The second-order valence-electron chi connectivity index (χ2n) is 4.37. The molecular weight excluding hydrogens is 331 g/mol. The highest BCUT2D eigenvalue weighted by molar-refractivity contribution is 7.07. The molecule has 1 aromatic heterocycles. The highest BCUT2D eigenvalue weighted by Gasteiger charge is 2.16. The van der Waals surface area contributed by atoms with Crippen molar-refractivity contribution in [1.82, 2.24) is 5.32 Å². The van der Waals surface area contributed by atoms with E-state index < -0.39 is 23.7 Å². The number of halogens is 2. The van der Waals surface area contributed by atoms with E-state index >= 15 is 0 Å². The fourth-order valence-corrected chi connectivity index (χ4v) is 2.50. The van der Waals surface area contributed by atoms with Crippen LogP contribution in [0, 0.1) is 5.82 Å². The predicted octanol–water partition coefficient (Wildman–Crippen LogP) is 2.33. The van der Waals surface area contributed by atoms with Gasteiger partial charge < -0.3 is 15.7 Å². The van der Waals surface area contributed by atoms with Crippen molar-refractivity contribution >= 4 is 40.4 Å². The van der Waals surface area contributed by atoms with Crippen LogP contribution in [-0.4, -0.2) is 23.5 Å². The Morgan fingerprint density at radius 1 is 1.32 bits per heavy atom. The highest BCUT2D eigenvalue weighted by atomic mass is 35.5. The standard InChI is InChI=1S/C14H12ClFN2O3S/c15-10-5-9(1-2-11(10)16)18-14(21)13(20)17-6-12(19)8-3-4-22-7-8/h1-5,7,12,19H,6H2,(H,17,20)(H,18,21)/t12-/m0/s1. The third-order valence-electron chi connectivity index (χ3n) is 2.77. The normalized spacial score (nSPS) is 11.8. The number of benzene rings is 1. The summed E-state index contributed by atoms with van der Waals surface area (Å²) in [6.45, 7) is -0.0901. The molecule has 116 valence electrons. The Morgan fingerprint density at radius 3 is 2.73 bits per heavy atom. The number of carbonyl (C=O) groups is 2. The number of carbonyl (C=O) groups excluding carboxylic acids is 2. The summed E-state index contributed by atoms with van der Waals surface area (Å²) in [6, 6.07) is 5.28. The highest BCUT2D eigenvalue weighted by Crippen LogP contribution is 2.19. The molecule has 0 radical (unpaired) electrons. The molecule has 0 bridgehead atoms. The molecule has 0 fully saturated rings. The maximum Gasteiger partial charge on any atom is 0.313 e. The average molecular weight is 343 g/mol. The molecule has 1 heterocycles. The Labute approximate surface area is 134 Å². The van der Waals surface area contributed by atoms with Gasteiger partial charge in [-0.2, -0.15) is 11.3 Å². The van der Waals surface area contributed by atoms with E-state index in [0.717, 1.165) is 6.07 Å². The molecule has 1 aromatic carbocycles. The molecule has 0 spiro atoms. The van der Waals surface area contributed by atoms with E-state index in [1.165, 1.54) is 23.5 Å². The van der Waals surface area contributed by atoms with Gasteiger partial charge in [0.25, 0.3) is 0 Å². The van der Waals surface area contributed by atoms with Crippen molar-refractivity contribution in [2.24, 2.45) is 0 Å². The number of rotatable bonds is 4. The summed E-state index contributed by atoms with van der Waals surface area (Å²) in [5.41, 5.74) is 0.862. The van der Waals surface area contributed by atoms with Crippen molar-refractivity contribution in [3.8, 4) is 0 Å². The van der Waals surface area contributed by atoms with Gasteiger partial charge in [0.1, 0.15) is 5.82 Å². The predicted molar refractivity (Wildman–Crippen MR) is 82.3 cm³/mol. The second kappa shape index (κ2) is 7.35. The van der Waals surface area contributed by atoms with E-state index in [-0.39, 0.29) is 17.3 Å². The van der Waals surface area contributed by atoms with Crippen LogP contribution < -0.4 is 10.6 Å². The first-order valence-corrected chi connectivity index (χ1v) is 7.54. The van der Waals surface area contributed by atoms with Crippen molar-refractivity contribution < 1.29 is 19.1 Å². The maximum atomic E-state index is 13.0. The number of hydrogen-bond acceptors (Lipinski definition) is 4. The molecule has 8 heteroatoms. The molecule has 2 aromatic rings. The first-order chi connectivity index (χ1) is 10.5. The molecule has 0 aliphatic rings. The minimum absolute atomic E-state index is 0.0901. The zero-order valence-electron chi connectivity index (χ0n) is 11.2. The molecule has 1 atom stereocenters. The number of thiophene rings is 1. The van der Waals surface area contributed by atoms with Crippen LogP contribution in [0.5, 0.6) is 0 Å². The van der Waals surface area contributed by atoms with Crippen LogP contribution in [0.3, 0.4) is 0 Å². The third kappa shape index (κ3) is 4.27. The van der Waals surface area contributed by atoms with Crippen LogP contribution in [0.1, 0.15) is 11.7 Å². The van der Waals surface area contributed by atoms with Crippen LogP contribution in [0.4, 0.5) is 10.1 Å². The van der Waals surface area contributed by atoms with Gasteiger partial charge in [-0.3, -0.25) is 9.59 Å². The Balaban J connectivity index is 1.86. The van der Waals surface area contributed by atoms with E-state index in [1.54, 1.807) is 16.8 Å². The van der Waals surface area contributed by atoms with Crippen LogP contribution in [-0.2, 0) is 9.59 Å². The van der Waals surface area contributed by atoms with Crippen molar-refractivity contribution in [2.45, 2.75) is 6.10 Å². The van der Waals surface area contributed by atoms with Gasteiger partial charge in [0.2, 0.25) is 0 Å². The summed E-state index contributed by atoms with van der Waals surface area (Å²) in [5, 5.41) is 17.8. The van der Waals surface area contributed by atoms with Crippen LogP contribution in [0.25, 0.3) is 0 Å². The van der Waals surface area contributed by atoms with Crippen molar-refractivity contribution in [1.29, 1.82) is 0 Å². The van der Waals surface area contributed by atoms with Gasteiger partial charge in [-0.05, 0) is 40.6 Å². The van der Waals surface area contributed by atoms with Gasteiger partial charge in [-0.1, -0.05) is 11.6 Å². The van der Waals surface area contributed by atoms with Crippen LogP contribution in [0.2, 0.25) is 5.02 Å². The van der Waals surface area contributed by atoms with Gasteiger partial charge in [0.05, 0.1) is 11.1 Å². The minimum Gasteiger partial charge on any atom is -0.387 e. The molecule has 0 saturated carbocycles. The van der Waals surface area contributed by atoms with E-state index in [9.17, 15) is 19.1 Å². The molecule has 2 amide bonds. The van der Waals surface area contributed by atoms with Crippen molar-refractivity contribution in [3.05, 3.63) is 51.4 Å². The summed E-state index contributed by atoms with van der Waals surface area (Å²) in [4.78, 5) is 23.3. The third-order valence-corrected chi connectivity index (χ3v) is 3.76. The van der Waals surface area contributed by atoms with Crippen LogP contribution >= 0.6 is 22.9 Å². The Kier molecular flexibility index (Phi) is 5.48. The molecule has 5 nitrogen and oxygen atoms in total. The summed E-state index contributed by atoms with van der Waals surface area (Å²) in [5.74, 6) is -2.46. The largest absolute Gasteiger partial charge is 0.387 e. The fourth-order valence-electron chi connectivity index (χ4n) is 1.61. The first kappa shape index (κ1) is 16.4. The lowest BCUT2D eigenvalue weighted by Gasteiger charge is -2.10. The number of amides is 2. The van der Waals surface area contributed by atoms with Crippen molar-refractivity contribution in [2.75, 3.05) is 11.9 Å². The number of hydrogen-bond donors (Lipinski definition) is 3. The molecule has 0 saturated heterocycles. The Bertz CT molecular complexity index is 679. The number of anilines is 1. The smallest absolute Gasteiger partial charge is 0.313 e. The lowest BCUT2D eigenvalue weighted by molar-refractivity contribution is -0.136. The summed E-state index contributed by atoms with van der Waals surface area (Å²) < 4.78 is 13.0. The van der Waals surface area contributed by atoms with E-state index in [4.69, 9.17) is 11.6 Å². The zero-order chi connectivity index (χ0) is 16.1. The summed E-state index contributed by atoms with van der Waals surface area (Å²) >= 11 is 7.00. The Morgan fingerprint density at radius 2 is 2.09 bits per heavy atom. The number of nitrogens with one attached hydrogen (secondary N) is 2. The van der Waals surface area contributed by atoms with Crippen LogP contribution in [0.15, 0.2) is 35.0 Å². The van der Waals surface area contributed by atoms with E-state index in [0.29, 0.717) is 5.56 Å². The molecule has 0 unspecified atom stereocenters.